The fourth-order valence-corrected chi connectivity index (χ4v) is 2.50. The van der Waals surface area contributed by atoms with E-state index in [9.17, 15) is 13.2 Å². The second-order valence-corrected chi connectivity index (χ2v) is 6.19. The van der Waals surface area contributed by atoms with Crippen LogP contribution in [-0.2, 0) is 6.18 Å². The maximum absolute atomic E-state index is 12.9. The van der Waals surface area contributed by atoms with Gasteiger partial charge in [-0.05, 0) is 24.7 Å². The highest BCUT2D eigenvalue weighted by Gasteiger charge is 2.36. The summed E-state index contributed by atoms with van der Waals surface area (Å²) < 4.78 is 38.7. The summed E-state index contributed by atoms with van der Waals surface area (Å²) >= 11 is 0. The van der Waals surface area contributed by atoms with Crippen LogP contribution in [0.2, 0.25) is 0 Å². The highest BCUT2D eigenvalue weighted by molar-refractivity contribution is 5.49. The molecule has 0 aliphatic carbocycles. The molecule has 2 heterocycles. The molecule has 1 aliphatic heterocycles. The van der Waals surface area contributed by atoms with Crippen LogP contribution in [0.3, 0.4) is 0 Å². The maximum atomic E-state index is 12.9. The molecular weight excluding hydrogens is 281 g/mol. The Labute approximate surface area is 122 Å². The van der Waals surface area contributed by atoms with Crippen molar-refractivity contribution in [1.29, 1.82) is 0 Å². The number of aromatic nitrogens is 2. The van der Waals surface area contributed by atoms with Crippen LogP contribution in [0.15, 0.2) is 6.07 Å². The highest BCUT2D eigenvalue weighted by Crippen LogP contribution is 2.33. The van der Waals surface area contributed by atoms with E-state index in [2.05, 4.69) is 29.1 Å². The standard InChI is InChI=1S/C14H21F3N4/c1-13(2)5-4-7-21(8-6-13)11-9-10(18-3)19-12(20-11)14(15,16)17/h9H,4-8H2,1-3H3,(H,18,19,20). The lowest BCUT2D eigenvalue weighted by Crippen LogP contribution is -2.27. The van der Waals surface area contributed by atoms with E-state index in [1.54, 1.807) is 13.1 Å². The number of nitrogens with zero attached hydrogens (tertiary/aromatic N) is 3. The van der Waals surface area contributed by atoms with Gasteiger partial charge in [0, 0.05) is 26.2 Å². The Hall–Kier alpha value is -1.53. The van der Waals surface area contributed by atoms with Gasteiger partial charge in [-0.3, -0.25) is 0 Å². The highest BCUT2D eigenvalue weighted by atomic mass is 19.4. The summed E-state index contributed by atoms with van der Waals surface area (Å²) in [5, 5.41) is 2.67. The average molecular weight is 302 g/mol. The van der Waals surface area contributed by atoms with Crippen LogP contribution in [0.25, 0.3) is 0 Å². The molecule has 0 saturated carbocycles. The SMILES string of the molecule is CNc1cc(N2CCCC(C)(C)CC2)nc(C(F)(F)F)n1. The van der Waals surface area contributed by atoms with Gasteiger partial charge in [-0.1, -0.05) is 13.8 Å². The van der Waals surface area contributed by atoms with Gasteiger partial charge in [-0.25, -0.2) is 9.97 Å². The molecule has 0 amide bonds. The Balaban J connectivity index is 2.30. The largest absolute Gasteiger partial charge is 0.451 e. The molecule has 0 radical (unpaired) electrons. The van der Waals surface area contributed by atoms with Crippen molar-refractivity contribution in [3.8, 4) is 0 Å². The summed E-state index contributed by atoms with van der Waals surface area (Å²) in [6, 6.07) is 1.58. The number of alkyl halides is 3. The molecule has 1 N–H and O–H groups in total. The quantitative estimate of drug-likeness (QED) is 0.907. The van der Waals surface area contributed by atoms with Crippen molar-refractivity contribution in [2.45, 2.75) is 39.3 Å². The molecule has 0 bridgehead atoms. The number of hydrogen-bond donors (Lipinski definition) is 1. The maximum Gasteiger partial charge on any atom is 0.451 e. The van der Waals surface area contributed by atoms with Crippen LogP contribution in [0.1, 0.15) is 38.9 Å². The Kier molecular flexibility index (Phi) is 4.30. The number of hydrogen-bond acceptors (Lipinski definition) is 4. The Morgan fingerprint density at radius 3 is 2.52 bits per heavy atom. The molecule has 0 atom stereocenters. The van der Waals surface area contributed by atoms with Gasteiger partial charge >= 0.3 is 6.18 Å². The van der Waals surface area contributed by atoms with Crippen molar-refractivity contribution in [3.05, 3.63) is 11.9 Å². The number of anilines is 2. The van der Waals surface area contributed by atoms with E-state index >= 15 is 0 Å². The Morgan fingerprint density at radius 2 is 1.90 bits per heavy atom. The minimum absolute atomic E-state index is 0.191. The molecular formula is C14H21F3N4. The molecule has 1 fully saturated rings. The molecule has 0 unspecified atom stereocenters. The van der Waals surface area contributed by atoms with E-state index in [0.29, 0.717) is 12.4 Å². The summed E-state index contributed by atoms with van der Waals surface area (Å²) in [6.45, 7) is 5.82. The predicted octanol–water partition coefficient (Wildman–Crippen LogP) is 3.55. The first-order valence-electron chi connectivity index (χ1n) is 7.10. The van der Waals surface area contributed by atoms with Crippen molar-refractivity contribution in [1.82, 2.24) is 9.97 Å². The zero-order valence-corrected chi connectivity index (χ0v) is 12.6. The van der Waals surface area contributed by atoms with Crippen molar-refractivity contribution in [2.75, 3.05) is 30.4 Å². The molecule has 0 spiro atoms. The van der Waals surface area contributed by atoms with Gasteiger partial charge in [0.25, 0.3) is 0 Å². The minimum atomic E-state index is -4.53. The normalized spacial score (nSPS) is 19.2. The molecule has 7 heteroatoms. The van der Waals surface area contributed by atoms with Crippen LogP contribution < -0.4 is 10.2 Å². The van der Waals surface area contributed by atoms with Crippen molar-refractivity contribution >= 4 is 11.6 Å². The summed E-state index contributed by atoms with van der Waals surface area (Å²) in [7, 11) is 1.55. The fraction of sp³-hybridized carbons (Fsp3) is 0.714. The summed E-state index contributed by atoms with van der Waals surface area (Å²) in [4.78, 5) is 9.13. The van der Waals surface area contributed by atoms with E-state index < -0.39 is 12.0 Å². The lowest BCUT2D eigenvalue weighted by molar-refractivity contribution is -0.144. The van der Waals surface area contributed by atoms with Crippen molar-refractivity contribution in [2.24, 2.45) is 5.41 Å². The molecule has 118 valence electrons. The third-order valence-corrected chi connectivity index (χ3v) is 3.89. The Morgan fingerprint density at radius 1 is 1.19 bits per heavy atom. The van der Waals surface area contributed by atoms with Gasteiger partial charge in [0.15, 0.2) is 0 Å². The third-order valence-electron chi connectivity index (χ3n) is 3.89. The van der Waals surface area contributed by atoms with E-state index in [4.69, 9.17) is 0 Å². The molecule has 4 nitrogen and oxygen atoms in total. The first-order chi connectivity index (χ1) is 9.71. The first kappa shape index (κ1) is 15.9. The summed E-state index contributed by atoms with van der Waals surface area (Å²) in [6.07, 6.45) is -1.58. The second kappa shape index (κ2) is 5.69. The van der Waals surface area contributed by atoms with E-state index in [1.165, 1.54) is 0 Å². The second-order valence-electron chi connectivity index (χ2n) is 6.19. The van der Waals surface area contributed by atoms with Gasteiger partial charge in [0.2, 0.25) is 5.82 Å². The average Bonchev–Trinajstić information content (AvgIpc) is 2.58. The van der Waals surface area contributed by atoms with Gasteiger partial charge in [0.1, 0.15) is 11.6 Å². The Bertz CT molecular complexity index is 499. The van der Waals surface area contributed by atoms with Crippen LogP contribution in [0, 0.1) is 5.41 Å². The van der Waals surface area contributed by atoms with Crippen LogP contribution in [-0.4, -0.2) is 30.1 Å². The molecule has 1 aromatic rings. The number of nitrogens with one attached hydrogen (secondary N) is 1. The molecule has 2 rings (SSSR count). The fourth-order valence-electron chi connectivity index (χ4n) is 2.50. The lowest BCUT2D eigenvalue weighted by atomic mass is 9.85. The van der Waals surface area contributed by atoms with Crippen LogP contribution in [0.5, 0.6) is 0 Å². The van der Waals surface area contributed by atoms with Crippen LogP contribution >= 0.6 is 0 Å². The van der Waals surface area contributed by atoms with E-state index in [0.717, 1.165) is 25.8 Å². The molecule has 0 aromatic carbocycles. The lowest BCUT2D eigenvalue weighted by Gasteiger charge is -2.24. The van der Waals surface area contributed by atoms with Crippen LogP contribution in [0.4, 0.5) is 24.8 Å². The van der Waals surface area contributed by atoms with Gasteiger partial charge < -0.3 is 10.2 Å². The van der Waals surface area contributed by atoms with E-state index in [-0.39, 0.29) is 11.2 Å². The predicted molar refractivity (Wildman–Crippen MR) is 76.4 cm³/mol. The molecule has 1 aromatic heterocycles. The van der Waals surface area contributed by atoms with Crippen molar-refractivity contribution < 1.29 is 13.2 Å². The summed E-state index contributed by atoms with van der Waals surface area (Å²) in [5.74, 6) is -0.553. The zero-order chi connectivity index (χ0) is 15.7. The van der Waals surface area contributed by atoms with Gasteiger partial charge in [-0.2, -0.15) is 13.2 Å². The number of halogens is 3. The summed E-state index contributed by atoms with van der Waals surface area (Å²) in [5.41, 5.74) is 0.223. The van der Waals surface area contributed by atoms with Gasteiger partial charge in [-0.15, -0.1) is 0 Å². The minimum Gasteiger partial charge on any atom is -0.373 e. The topological polar surface area (TPSA) is 41.0 Å². The molecule has 1 aliphatic rings. The first-order valence-corrected chi connectivity index (χ1v) is 7.10. The van der Waals surface area contributed by atoms with E-state index in [1.807, 2.05) is 4.90 Å². The van der Waals surface area contributed by atoms with Crippen molar-refractivity contribution in [3.63, 3.8) is 0 Å². The van der Waals surface area contributed by atoms with Gasteiger partial charge in [0.05, 0.1) is 0 Å². The smallest absolute Gasteiger partial charge is 0.373 e. The number of rotatable bonds is 2. The zero-order valence-electron chi connectivity index (χ0n) is 12.6. The third kappa shape index (κ3) is 3.98. The molecule has 21 heavy (non-hydrogen) atoms. The monoisotopic (exact) mass is 302 g/mol. The molecule has 1 saturated heterocycles.